The minimum Gasteiger partial charge on any atom is -0.395 e. The molecule has 1 fully saturated rings. The molecule has 1 aliphatic heterocycles. The first kappa shape index (κ1) is 16.0. The van der Waals surface area contributed by atoms with Crippen LogP contribution in [0.3, 0.4) is 0 Å². The van der Waals surface area contributed by atoms with Gasteiger partial charge in [-0.15, -0.1) is 0 Å². The van der Waals surface area contributed by atoms with E-state index in [-0.39, 0.29) is 17.5 Å². The molecule has 0 saturated carbocycles. The molecule has 1 aliphatic rings. The third-order valence-electron chi connectivity index (χ3n) is 3.18. The van der Waals surface area contributed by atoms with E-state index in [1.165, 1.54) is 0 Å². The van der Waals surface area contributed by atoms with E-state index in [0.29, 0.717) is 38.0 Å². The highest BCUT2D eigenvalue weighted by molar-refractivity contribution is 7.89. The normalized spacial score (nSPS) is 16.2. The summed E-state index contributed by atoms with van der Waals surface area (Å²) in [7, 11) is -3.60. The topological polar surface area (TPSA) is 75.6 Å². The Morgan fingerprint density at radius 2 is 2.00 bits per heavy atom. The lowest BCUT2D eigenvalue weighted by molar-refractivity contribution is 0.0832. The molecule has 1 aromatic carbocycles. The maximum absolute atomic E-state index is 12.5. The van der Waals surface area contributed by atoms with Crippen LogP contribution in [0, 0.1) is 11.8 Å². The monoisotopic (exact) mass is 309 g/mol. The number of benzene rings is 1. The third-order valence-corrected chi connectivity index (χ3v) is 4.76. The molecule has 0 aliphatic carbocycles. The maximum atomic E-state index is 12.5. The zero-order chi connectivity index (χ0) is 15.1. The fourth-order valence-corrected chi connectivity index (χ4v) is 3.58. The zero-order valence-electron chi connectivity index (χ0n) is 11.7. The molecule has 6 heteroatoms. The molecule has 0 bridgehead atoms. The summed E-state index contributed by atoms with van der Waals surface area (Å²) in [6.45, 7) is 1.11. The van der Waals surface area contributed by atoms with Crippen LogP contribution in [0.25, 0.3) is 0 Å². The Morgan fingerprint density at radius 3 is 2.71 bits per heavy atom. The summed E-state index contributed by atoms with van der Waals surface area (Å²) in [6.07, 6.45) is 1.68. The Bertz CT molecular complexity index is 625. The van der Waals surface area contributed by atoms with Crippen molar-refractivity contribution >= 4 is 10.0 Å². The van der Waals surface area contributed by atoms with E-state index >= 15 is 0 Å². The maximum Gasteiger partial charge on any atom is 0.242 e. The Kier molecular flexibility index (Phi) is 5.76. The summed E-state index contributed by atoms with van der Waals surface area (Å²) in [6, 6.07) is 6.54. The Hall–Kier alpha value is -1.39. The molecule has 0 amide bonds. The lowest BCUT2D eigenvalue weighted by Crippen LogP contribution is -2.39. The van der Waals surface area contributed by atoms with Crippen molar-refractivity contribution in [2.45, 2.75) is 30.2 Å². The lowest BCUT2D eigenvalue weighted by atomic mass is 10.1. The fourth-order valence-electron chi connectivity index (χ4n) is 2.12. The molecule has 0 spiro atoms. The number of sulfonamides is 1. The summed E-state index contributed by atoms with van der Waals surface area (Å²) in [5, 5.41) is 8.74. The number of ether oxygens (including phenoxy) is 1. The first-order chi connectivity index (χ1) is 10.1. The van der Waals surface area contributed by atoms with Crippen molar-refractivity contribution in [2.75, 3.05) is 19.8 Å². The molecule has 2 N–H and O–H groups in total. The fraction of sp³-hybridized carbons (Fsp3) is 0.467. The van der Waals surface area contributed by atoms with Crippen molar-refractivity contribution < 1.29 is 18.3 Å². The summed E-state index contributed by atoms with van der Waals surface area (Å²) >= 11 is 0. The molecule has 5 nitrogen and oxygen atoms in total. The molecule has 21 heavy (non-hydrogen) atoms. The van der Waals surface area contributed by atoms with Crippen LogP contribution in [0.1, 0.15) is 24.8 Å². The molecule has 1 aromatic rings. The quantitative estimate of drug-likeness (QED) is 0.810. The van der Waals surface area contributed by atoms with Gasteiger partial charge in [0.15, 0.2) is 0 Å². The van der Waals surface area contributed by atoms with E-state index in [0.717, 1.165) is 0 Å². The predicted octanol–water partition coefficient (Wildman–Crippen LogP) is 0.878. The van der Waals surface area contributed by atoms with Crippen molar-refractivity contribution in [2.24, 2.45) is 0 Å². The number of hydrogen-bond donors (Lipinski definition) is 2. The van der Waals surface area contributed by atoms with Crippen molar-refractivity contribution in [3.8, 4) is 11.8 Å². The number of aliphatic hydroxyl groups excluding tert-OH is 1. The van der Waals surface area contributed by atoms with E-state index < -0.39 is 10.0 Å². The van der Waals surface area contributed by atoms with Crippen LogP contribution in [-0.4, -0.2) is 39.4 Å². The smallest absolute Gasteiger partial charge is 0.242 e. The Morgan fingerprint density at radius 1 is 1.29 bits per heavy atom. The first-order valence-electron chi connectivity index (χ1n) is 6.92. The Labute approximate surface area is 125 Å². The molecule has 0 aromatic heterocycles. The summed E-state index contributed by atoms with van der Waals surface area (Å²) < 4.78 is 32.9. The van der Waals surface area contributed by atoms with Gasteiger partial charge in [-0.1, -0.05) is 24.0 Å². The average Bonchev–Trinajstić information content (AvgIpc) is 2.48. The zero-order valence-corrected chi connectivity index (χ0v) is 12.5. The molecule has 0 radical (unpaired) electrons. The number of hydrogen-bond acceptors (Lipinski definition) is 4. The predicted molar refractivity (Wildman–Crippen MR) is 79.2 cm³/mol. The Balaban J connectivity index is 2.21. The van der Waals surface area contributed by atoms with Gasteiger partial charge in [-0.3, -0.25) is 0 Å². The second kappa shape index (κ2) is 7.57. The van der Waals surface area contributed by atoms with Gasteiger partial charge in [0.25, 0.3) is 0 Å². The van der Waals surface area contributed by atoms with E-state index in [1.807, 2.05) is 0 Å². The van der Waals surface area contributed by atoms with Crippen LogP contribution in [0.4, 0.5) is 0 Å². The molecule has 1 heterocycles. The second-order valence-electron chi connectivity index (χ2n) is 4.78. The van der Waals surface area contributed by atoms with Crippen molar-refractivity contribution in [3.63, 3.8) is 0 Å². The van der Waals surface area contributed by atoms with Gasteiger partial charge in [0.2, 0.25) is 10.0 Å². The van der Waals surface area contributed by atoms with Crippen LogP contribution < -0.4 is 4.72 Å². The molecule has 1 saturated heterocycles. The lowest BCUT2D eigenvalue weighted by Gasteiger charge is -2.23. The SMILES string of the molecule is O=S(=O)(NC1CCOCC1)c1ccccc1C#CCCO. The van der Waals surface area contributed by atoms with Gasteiger partial charge in [-0.2, -0.15) is 0 Å². The largest absolute Gasteiger partial charge is 0.395 e. The van der Waals surface area contributed by atoms with E-state index in [4.69, 9.17) is 9.84 Å². The van der Waals surface area contributed by atoms with Gasteiger partial charge in [-0.25, -0.2) is 13.1 Å². The van der Waals surface area contributed by atoms with Crippen molar-refractivity contribution in [1.29, 1.82) is 0 Å². The highest BCUT2D eigenvalue weighted by Gasteiger charge is 2.23. The summed E-state index contributed by atoms with van der Waals surface area (Å²) in [4.78, 5) is 0.182. The number of rotatable bonds is 4. The number of nitrogens with one attached hydrogen (secondary N) is 1. The molecule has 2 rings (SSSR count). The van der Waals surface area contributed by atoms with Gasteiger partial charge < -0.3 is 9.84 Å². The molecular weight excluding hydrogens is 290 g/mol. The minimum atomic E-state index is -3.60. The van der Waals surface area contributed by atoms with Crippen LogP contribution in [-0.2, 0) is 14.8 Å². The summed E-state index contributed by atoms with van der Waals surface area (Å²) in [5.74, 6) is 5.56. The molecule has 0 atom stereocenters. The van der Waals surface area contributed by atoms with Gasteiger partial charge in [-0.05, 0) is 25.0 Å². The van der Waals surface area contributed by atoms with Gasteiger partial charge in [0.1, 0.15) is 0 Å². The third kappa shape index (κ3) is 4.55. The van der Waals surface area contributed by atoms with Crippen LogP contribution in [0.5, 0.6) is 0 Å². The second-order valence-corrected chi connectivity index (χ2v) is 6.46. The van der Waals surface area contributed by atoms with Gasteiger partial charge in [0, 0.05) is 31.2 Å². The van der Waals surface area contributed by atoms with Crippen LogP contribution in [0.15, 0.2) is 29.2 Å². The van der Waals surface area contributed by atoms with E-state index in [1.54, 1.807) is 24.3 Å². The average molecular weight is 309 g/mol. The van der Waals surface area contributed by atoms with E-state index in [2.05, 4.69) is 16.6 Å². The minimum absolute atomic E-state index is 0.0394. The highest BCUT2D eigenvalue weighted by Crippen LogP contribution is 2.17. The highest BCUT2D eigenvalue weighted by atomic mass is 32.2. The summed E-state index contributed by atoms with van der Waals surface area (Å²) in [5.41, 5.74) is 0.450. The number of aliphatic hydroxyl groups is 1. The molecular formula is C15H19NO4S. The van der Waals surface area contributed by atoms with Crippen molar-refractivity contribution in [3.05, 3.63) is 29.8 Å². The van der Waals surface area contributed by atoms with Gasteiger partial charge >= 0.3 is 0 Å². The standard InChI is InChI=1S/C15H19NO4S/c17-10-4-3-6-13-5-1-2-7-15(13)21(18,19)16-14-8-11-20-12-9-14/h1-2,5,7,14,16-17H,4,8-12H2. The van der Waals surface area contributed by atoms with Gasteiger partial charge in [0.05, 0.1) is 11.5 Å². The van der Waals surface area contributed by atoms with Crippen molar-refractivity contribution in [1.82, 2.24) is 4.72 Å². The first-order valence-corrected chi connectivity index (χ1v) is 8.40. The molecule has 114 valence electrons. The van der Waals surface area contributed by atoms with E-state index in [9.17, 15) is 8.42 Å². The molecule has 0 unspecified atom stereocenters. The van der Waals surface area contributed by atoms with Crippen LogP contribution >= 0.6 is 0 Å². The van der Waals surface area contributed by atoms with Crippen LogP contribution in [0.2, 0.25) is 0 Å².